The fourth-order valence-electron chi connectivity index (χ4n) is 2.16. The van der Waals surface area contributed by atoms with E-state index in [0.717, 1.165) is 16.9 Å². The Morgan fingerprint density at radius 2 is 2.00 bits per heavy atom. The third kappa shape index (κ3) is 3.02. The van der Waals surface area contributed by atoms with Crippen LogP contribution in [0, 0.1) is 13.8 Å². The van der Waals surface area contributed by atoms with Gasteiger partial charge < -0.3 is 9.47 Å². The molecule has 0 aliphatic carbocycles. The molecule has 0 fully saturated rings. The van der Waals surface area contributed by atoms with Crippen LogP contribution in [-0.4, -0.2) is 19.8 Å². The molecule has 0 aliphatic rings. The third-order valence-corrected chi connectivity index (χ3v) is 3.32. The van der Waals surface area contributed by atoms with Gasteiger partial charge in [0.15, 0.2) is 0 Å². The van der Waals surface area contributed by atoms with Crippen LogP contribution in [0.2, 0.25) is 0 Å². The number of ether oxygens (including phenoxy) is 2. The number of nitrogens with one attached hydrogen (secondary N) is 1. The van der Waals surface area contributed by atoms with E-state index in [1.165, 1.54) is 5.56 Å². The minimum Gasteiger partial charge on any atom is -0.496 e. The Labute approximate surface area is 109 Å². The van der Waals surface area contributed by atoms with Crippen molar-refractivity contribution in [1.82, 2.24) is 5.43 Å². The van der Waals surface area contributed by atoms with Gasteiger partial charge >= 0.3 is 0 Å². The molecule has 4 heteroatoms. The first-order valence-electron chi connectivity index (χ1n) is 6.28. The zero-order valence-corrected chi connectivity index (χ0v) is 11.9. The molecule has 0 aliphatic heterocycles. The summed E-state index contributed by atoms with van der Waals surface area (Å²) >= 11 is 0. The summed E-state index contributed by atoms with van der Waals surface area (Å²) in [6.45, 7) is 8.76. The molecule has 1 aromatic carbocycles. The van der Waals surface area contributed by atoms with Gasteiger partial charge in [-0.1, -0.05) is 12.1 Å². The van der Waals surface area contributed by atoms with E-state index in [2.05, 4.69) is 25.3 Å². The molecule has 0 spiro atoms. The average Bonchev–Trinajstić information content (AvgIpc) is 2.35. The van der Waals surface area contributed by atoms with Gasteiger partial charge in [0.05, 0.1) is 19.3 Å². The first kappa shape index (κ1) is 15.0. The van der Waals surface area contributed by atoms with Crippen molar-refractivity contribution in [3.63, 3.8) is 0 Å². The van der Waals surface area contributed by atoms with E-state index in [4.69, 9.17) is 15.3 Å². The Kier molecular flexibility index (Phi) is 5.59. The second-order valence-corrected chi connectivity index (χ2v) is 4.43. The van der Waals surface area contributed by atoms with E-state index in [0.29, 0.717) is 6.61 Å². The van der Waals surface area contributed by atoms with Gasteiger partial charge in [-0.15, -0.1) is 0 Å². The van der Waals surface area contributed by atoms with Crippen LogP contribution in [0.25, 0.3) is 0 Å². The van der Waals surface area contributed by atoms with E-state index in [1.54, 1.807) is 7.11 Å². The summed E-state index contributed by atoms with van der Waals surface area (Å²) in [5.41, 5.74) is 6.19. The van der Waals surface area contributed by atoms with Gasteiger partial charge in [0.1, 0.15) is 5.75 Å². The molecule has 1 rings (SSSR count). The first-order valence-corrected chi connectivity index (χ1v) is 6.28. The number of aryl methyl sites for hydroxylation is 1. The highest BCUT2D eigenvalue weighted by Crippen LogP contribution is 2.32. The van der Waals surface area contributed by atoms with Gasteiger partial charge in [-0.3, -0.25) is 11.3 Å². The highest BCUT2D eigenvalue weighted by atomic mass is 16.5. The first-order chi connectivity index (χ1) is 8.56. The van der Waals surface area contributed by atoms with E-state index in [1.807, 2.05) is 19.9 Å². The van der Waals surface area contributed by atoms with Crippen molar-refractivity contribution in [2.24, 2.45) is 5.84 Å². The molecule has 0 amide bonds. The van der Waals surface area contributed by atoms with E-state index < -0.39 is 0 Å². The molecule has 2 unspecified atom stereocenters. The quantitative estimate of drug-likeness (QED) is 0.602. The number of methoxy groups -OCH3 is 1. The molecular weight excluding hydrogens is 228 g/mol. The molecule has 0 aromatic heterocycles. The minimum atomic E-state index is -0.0841. The predicted octanol–water partition coefficient (Wildman–Crippen LogP) is 2.24. The normalized spacial score (nSPS) is 14.3. The largest absolute Gasteiger partial charge is 0.496 e. The lowest BCUT2D eigenvalue weighted by atomic mass is 9.96. The van der Waals surface area contributed by atoms with Crippen molar-refractivity contribution in [3.8, 4) is 5.75 Å². The predicted molar refractivity (Wildman–Crippen MR) is 73.6 cm³/mol. The van der Waals surface area contributed by atoms with Crippen LogP contribution in [0.5, 0.6) is 5.75 Å². The average molecular weight is 252 g/mol. The number of hydrogen-bond donors (Lipinski definition) is 2. The van der Waals surface area contributed by atoms with Gasteiger partial charge in [0.25, 0.3) is 0 Å². The van der Waals surface area contributed by atoms with Gasteiger partial charge in [-0.2, -0.15) is 0 Å². The summed E-state index contributed by atoms with van der Waals surface area (Å²) < 4.78 is 11.1. The van der Waals surface area contributed by atoms with Crippen molar-refractivity contribution in [2.75, 3.05) is 13.7 Å². The highest BCUT2D eigenvalue weighted by molar-refractivity contribution is 5.47. The Balaban J connectivity index is 3.17. The van der Waals surface area contributed by atoms with Crippen LogP contribution in [-0.2, 0) is 4.74 Å². The summed E-state index contributed by atoms with van der Waals surface area (Å²) in [6, 6.07) is 4.04. The van der Waals surface area contributed by atoms with Gasteiger partial charge in [-0.05, 0) is 38.8 Å². The summed E-state index contributed by atoms with van der Waals surface area (Å²) in [5, 5.41) is 0. The number of benzene rings is 1. The number of hydrogen-bond acceptors (Lipinski definition) is 4. The molecule has 4 nitrogen and oxygen atoms in total. The fraction of sp³-hybridized carbons (Fsp3) is 0.571. The fourth-order valence-corrected chi connectivity index (χ4v) is 2.16. The summed E-state index contributed by atoms with van der Waals surface area (Å²) in [7, 11) is 1.68. The molecule has 0 saturated carbocycles. The lowest BCUT2D eigenvalue weighted by Gasteiger charge is -2.26. The zero-order valence-electron chi connectivity index (χ0n) is 11.9. The molecule has 2 atom stereocenters. The van der Waals surface area contributed by atoms with E-state index >= 15 is 0 Å². The van der Waals surface area contributed by atoms with Crippen LogP contribution < -0.4 is 16.0 Å². The third-order valence-electron chi connectivity index (χ3n) is 3.32. The molecule has 0 bridgehead atoms. The number of hydrazine groups is 1. The number of nitrogens with two attached hydrogens (primary N) is 1. The monoisotopic (exact) mass is 252 g/mol. The molecule has 102 valence electrons. The van der Waals surface area contributed by atoms with Crippen LogP contribution in [0.3, 0.4) is 0 Å². The summed E-state index contributed by atoms with van der Waals surface area (Å²) in [5.74, 6) is 6.54. The minimum absolute atomic E-state index is 0.0176. The van der Waals surface area contributed by atoms with Crippen LogP contribution in [0.1, 0.15) is 36.6 Å². The smallest absolute Gasteiger partial charge is 0.126 e. The van der Waals surface area contributed by atoms with Gasteiger partial charge in [0.2, 0.25) is 0 Å². The molecule has 0 heterocycles. The number of rotatable bonds is 6. The van der Waals surface area contributed by atoms with Crippen LogP contribution in [0.4, 0.5) is 0 Å². The van der Waals surface area contributed by atoms with Crippen molar-refractivity contribution in [2.45, 2.75) is 39.8 Å². The van der Waals surface area contributed by atoms with Gasteiger partial charge in [-0.25, -0.2) is 0 Å². The van der Waals surface area contributed by atoms with E-state index in [9.17, 15) is 0 Å². The standard InChI is InChI=1S/C14H24N2O2/c1-6-18-11(4)13(16-15)12-8-7-9(2)10(3)14(12)17-5/h7-8,11,13,16H,6,15H2,1-5H3. The van der Waals surface area contributed by atoms with Gasteiger partial charge in [0, 0.05) is 12.2 Å². The molecule has 18 heavy (non-hydrogen) atoms. The van der Waals surface area contributed by atoms with Crippen molar-refractivity contribution >= 4 is 0 Å². The SMILES string of the molecule is CCOC(C)C(NN)c1ccc(C)c(C)c1OC. The maximum Gasteiger partial charge on any atom is 0.126 e. The second kappa shape index (κ2) is 6.73. The zero-order chi connectivity index (χ0) is 13.7. The lowest BCUT2D eigenvalue weighted by Crippen LogP contribution is -2.37. The molecule has 1 aromatic rings. The van der Waals surface area contributed by atoms with E-state index in [-0.39, 0.29) is 12.1 Å². The van der Waals surface area contributed by atoms with Crippen LogP contribution >= 0.6 is 0 Å². The maximum absolute atomic E-state index is 5.66. The Hall–Kier alpha value is -1.10. The maximum atomic E-state index is 5.66. The lowest BCUT2D eigenvalue weighted by molar-refractivity contribution is 0.0466. The topological polar surface area (TPSA) is 56.5 Å². The second-order valence-electron chi connectivity index (χ2n) is 4.43. The molecule has 0 saturated heterocycles. The molecular formula is C14H24N2O2. The summed E-state index contributed by atoms with van der Waals surface area (Å²) in [6.07, 6.45) is -0.0176. The Bertz CT molecular complexity index is 394. The van der Waals surface area contributed by atoms with Crippen molar-refractivity contribution in [3.05, 3.63) is 28.8 Å². The highest BCUT2D eigenvalue weighted by Gasteiger charge is 2.23. The Morgan fingerprint density at radius 1 is 1.33 bits per heavy atom. The summed E-state index contributed by atoms with van der Waals surface area (Å²) in [4.78, 5) is 0. The Morgan fingerprint density at radius 3 is 2.50 bits per heavy atom. The van der Waals surface area contributed by atoms with Crippen LogP contribution in [0.15, 0.2) is 12.1 Å². The van der Waals surface area contributed by atoms with Crippen molar-refractivity contribution in [1.29, 1.82) is 0 Å². The molecule has 3 N–H and O–H groups in total. The molecule has 0 radical (unpaired) electrons. The van der Waals surface area contributed by atoms with Crippen molar-refractivity contribution < 1.29 is 9.47 Å².